The lowest BCUT2D eigenvalue weighted by molar-refractivity contribution is 0.169. The largest absolute Gasteiger partial charge is 0.487 e. The number of aromatic nitrogens is 3. The third-order valence-corrected chi connectivity index (χ3v) is 7.73. The molecule has 2 bridgehead atoms. The van der Waals surface area contributed by atoms with Crippen LogP contribution in [0.1, 0.15) is 67.5 Å². The molecule has 180 valence electrons. The van der Waals surface area contributed by atoms with Crippen molar-refractivity contribution in [3.63, 3.8) is 0 Å². The number of pyridine rings is 1. The van der Waals surface area contributed by atoms with Crippen molar-refractivity contribution in [3.8, 4) is 11.8 Å². The van der Waals surface area contributed by atoms with Crippen LogP contribution in [0, 0.1) is 18.3 Å². The van der Waals surface area contributed by atoms with Gasteiger partial charge >= 0.3 is 6.01 Å². The molecule has 6 rings (SSSR count). The summed E-state index contributed by atoms with van der Waals surface area (Å²) >= 11 is 6.39. The zero-order valence-electron chi connectivity index (χ0n) is 19.8. The van der Waals surface area contributed by atoms with Crippen LogP contribution >= 0.6 is 11.6 Å². The normalized spacial score (nSPS) is 22.9. The number of anilines is 3. The number of nitriles is 1. The number of benzene rings is 1. The molecule has 2 saturated heterocycles. The maximum absolute atomic E-state index is 9.11. The van der Waals surface area contributed by atoms with Crippen molar-refractivity contribution in [1.82, 2.24) is 15.1 Å². The predicted octanol–water partition coefficient (Wildman–Crippen LogP) is 5.67. The Morgan fingerprint density at radius 1 is 1.29 bits per heavy atom. The fourth-order valence-electron chi connectivity index (χ4n) is 5.35. The van der Waals surface area contributed by atoms with Gasteiger partial charge in [-0.1, -0.05) is 23.7 Å². The number of halogens is 1. The van der Waals surface area contributed by atoms with Crippen LogP contribution in [-0.4, -0.2) is 33.3 Å². The molecule has 0 amide bonds. The number of nitrogens with zero attached hydrogens (tertiary/aromatic N) is 5. The zero-order valence-corrected chi connectivity index (χ0v) is 20.5. The molecule has 0 radical (unpaired) electrons. The summed E-state index contributed by atoms with van der Waals surface area (Å²) in [4.78, 5) is 11.6. The number of nitrogens with one attached hydrogen (secondary N) is 1. The molecule has 1 aromatic carbocycles. The lowest BCUT2D eigenvalue weighted by Crippen LogP contribution is -2.35. The first-order chi connectivity index (χ1) is 17.1. The Kier molecular flexibility index (Phi) is 5.53. The van der Waals surface area contributed by atoms with Gasteiger partial charge in [-0.2, -0.15) is 10.2 Å². The van der Waals surface area contributed by atoms with E-state index in [1.165, 1.54) is 0 Å². The van der Waals surface area contributed by atoms with Crippen LogP contribution in [-0.2, 0) is 6.42 Å². The number of aryl methyl sites for hydroxylation is 1. The maximum Gasteiger partial charge on any atom is 0.324 e. The smallest absolute Gasteiger partial charge is 0.324 e. The first kappa shape index (κ1) is 22.2. The van der Waals surface area contributed by atoms with E-state index in [1.807, 2.05) is 13.1 Å². The SMILES string of the molecule is CCc1cnc(Nc2ccc(C#N)cc2Cl)c(C)c1OC1CC2CCC1N2c1nc(C2CC2)no1. The molecule has 3 atom stereocenters. The van der Waals surface area contributed by atoms with Gasteiger partial charge in [-0.3, -0.25) is 0 Å². The molecule has 2 aromatic heterocycles. The van der Waals surface area contributed by atoms with Crippen molar-refractivity contribution < 1.29 is 9.26 Å². The molecule has 9 heteroatoms. The Morgan fingerprint density at radius 3 is 2.89 bits per heavy atom. The molecular formula is C26H27ClN6O2. The van der Waals surface area contributed by atoms with Gasteiger partial charge in [-0.15, -0.1) is 0 Å². The minimum Gasteiger partial charge on any atom is -0.487 e. The second-order valence-electron chi connectivity index (χ2n) is 9.68. The van der Waals surface area contributed by atoms with Gasteiger partial charge in [-0.05, 0) is 57.2 Å². The van der Waals surface area contributed by atoms with Crippen LogP contribution in [0.2, 0.25) is 5.02 Å². The number of hydrogen-bond acceptors (Lipinski definition) is 8. The molecular weight excluding hydrogens is 464 g/mol. The van der Waals surface area contributed by atoms with E-state index in [-0.39, 0.29) is 12.1 Å². The van der Waals surface area contributed by atoms with Gasteiger partial charge in [0, 0.05) is 35.7 Å². The summed E-state index contributed by atoms with van der Waals surface area (Å²) in [5.41, 5.74) is 3.22. The fourth-order valence-corrected chi connectivity index (χ4v) is 5.58. The van der Waals surface area contributed by atoms with Crippen molar-refractivity contribution in [2.75, 3.05) is 10.2 Å². The Hall–Kier alpha value is -3.31. The second kappa shape index (κ2) is 8.72. The molecule has 2 aliphatic heterocycles. The van der Waals surface area contributed by atoms with Crippen molar-refractivity contribution >= 4 is 29.1 Å². The maximum atomic E-state index is 9.11. The summed E-state index contributed by atoms with van der Waals surface area (Å²) in [6.45, 7) is 4.13. The van der Waals surface area contributed by atoms with Gasteiger partial charge in [-0.25, -0.2) is 4.98 Å². The highest BCUT2D eigenvalue weighted by molar-refractivity contribution is 6.33. The topological polar surface area (TPSA) is 100 Å². The summed E-state index contributed by atoms with van der Waals surface area (Å²) < 4.78 is 12.4. The van der Waals surface area contributed by atoms with E-state index in [0.717, 1.165) is 61.2 Å². The van der Waals surface area contributed by atoms with E-state index < -0.39 is 0 Å². The summed E-state index contributed by atoms with van der Waals surface area (Å²) in [7, 11) is 0. The summed E-state index contributed by atoms with van der Waals surface area (Å²) in [5, 5.41) is 17.1. The molecule has 3 aromatic rings. The Balaban J connectivity index is 1.25. The quantitative estimate of drug-likeness (QED) is 0.452. The number of rotatable bonds is 7. The third-order valence-electron chi connectivity index (χ3n) is 7.41. The van der Waals surface area contributed by atoms with Gasteiger partial charge < -0.3 is 19.5 Å². The molecule has 4 heterocycles. The first-order valence-electron chi connectivity index (χ1n) is 12.3. The summed E-state index contributed by atoms with van der Waals surface area (Å²) in [6.07, 6.45) is 8.14. The Labute approximate surface area is 209 Å². The highest BCUT2D eigenvalue weighted by atomic mass is 35.5. The van der Waals surface area contributed by atoms with Gasteiger partial charge in [0.1, 0.15) is 17.7 Å². The highest BCUT2D eigenvalue weighted by Crippen LogP contribution is 2.45. The molecule has 3 aliphatic rings. The van der Waals surface area contributed by atoms with Gasteiger partial charge in [0.25, 0.3) is 0 Å². The van der Waals surface area contributed by atoms with Crippen LogP contribution in [0.3, 0.4) is 0 Å². The second-order valence-corrected chi connectivity index (χ2v) is 10.1. The molecule has 1 saturated carbocycles. The van der Waals surface area contributed by atoms with Gasteiger partial charge in [0.05, 0.1) is 28.4 Å². The Morgan fingerprint density at radius 2 is 2.14 bits per heavy atom. The monoisotopic (exact) mass is 490 g/mol. The van der Waals surface area contributed by atoms with E-state index >= 15 is 0 Å². The van der Waals surface area contributed by atoms with Crippen molar-refractivity contribution in [2.24, 2.45) is 0 Å². The molecule has 3 fully saturated rings. The molecule has 8 nitrogen and oxygen atoms in total. The van der Waals surface area contributed by atoms with Gasteiger partial charge in [0.2, 0.25) is 0 Å². The lowest BCUT2D eigenvalue weighted by Gasteiger charge is -2.26. The number of fused-ring (bicyclic) bond motifs is 2. The summed E-state index contributed by atoms with van der Waals surface area (Å²) in [5.74, 6) is 2.88. The van der Waals surface area contributed by atoms with E-state index in [9.17, 15) is 0 Å². The van der Waals surface area contributed by atoms with Crippen molar-refractivity contribution in [3.05, 3.63) is 51.9 Å². The first-order valence-corrected chi connectivity index (χ1v) is 12.7. The standard InChI is InChI=1S/C26H27ClN6O2/c1-3-16-13-29-24(30-20-8-4-15(12-28)10-19(20)27)14(2)23(16)34-22-11-18-7-9-21(22)33(18)26-31-25(32-35-26)17-5-6-17/h4,8,10,13,17-18,21-22H,3,5-7,9,11H2,1-2H3,(H,29,30). The van der Waals surface area contributed by atoms with Crippen LogP contribution in [0.4, 0.5) is 17.5 Å². The van der Waals surface area contributed by atoms with E-state index in [2.05, 4.69) is 33.4 Å². The average Bonchev–Trinajstić information content (AvgIpc) is 3.32. The molecule has 1 N–H and O–H groups in total. The molecule has 1 aliphatic carbocycles. The molecule has 3 unspecified atom stereocenters. The van der Waals surface area contributed by atoms with E-state index in [4.69, 9.17) is 31.1 Å². The van der Waals surface area contributed by atoms with Crippen molar-refractivity contribution in [2.45, 2.75) is 76.5 Å². The summed E-state index contributed by atoms with van der Waals surface area (Å²) in [6, 6.07) is 8.50. The average molecular weight is 491 g/mol. The number of ether oxygens (including phenoxy) is 1. The predicted molar refractivity (Wildman–Crippen MR) is 132 cm³/mol. The fraction of sp³-hybridized carbons (Fsp3) is 0.462. The van der Waals surface area contributed by atoms with E-state index in [0.29, 0.717) is 40.1 Å². The third kappa shape index (κ3) is 3.98. The van der Waals surface area contributed by atoms with E-state index in [1.54, 1.807) is 18.2 Å². The highest BCUT2D eigenvalue weighted by Gasteiger charge is 2.50. The number of hydrogen-bond donors (Lipinski definition) is 1. The minimum absolute atomic E-state index is 0.0442. The Bertz CT molecular complexity index is 1310. The van der Waals surface area contributed by atoms with Crippen LogP contribution in [0.15, 0.2) is 28.9 Å². The van der Waals surface area contributed by atoms with Crippen LogP contribution in [0.25, 0.3) is 0 Å². The van der Waals surface area contributed by atoms with Gasteiger partial charge in [0.15, 0.2) is 5.82 Å². The molecule has 0 spiro atoms. The van der Waals surface area contributed by atoms with Crippen LogP contribution < -0.4 is 15.0 Å². The van der Waals surface area contributed by atoms with Crippen molar-refractivity contribution in [1.29, 1.82) is 5.26 Å². The molecule has 35 heavy (non-hydrogen) atoms. The minimum atomic E-state index is 0.0442. The van der Waals surface area contributed by atoms with Crippen LogP contribution in [0.5, 0.6) is 5.75 Å². The lowest BCUT2D eigenvalue weighted by atomic mass is 9.97. The zero-order chi connectivity index (χ0) is 24.1.